The van der Waals surface area contributed by atoms with E-state index in [1.54, 1.807) is 13.8 Å². The Morgan fingerprint density at radius 1 is 1.12 bits per heavy atom. The van der Waals surface area contributed by atoms with Crippen molar-refractivity contribution in [2.75, 3.05) is 26.9 Å². The molecule has 9 atom stereocenters. The molecule has 0 radical (unpaired) electrons. The van der Waals surface area contributed by atoms with Crippen LogP contribution in [0.2, 0.25) is 0 Å². The maximum atomic E-state index is 13.2. The third-order valence-corrected chi connectivity index (χ3v) is 11.0. The summed E-state index contributed by atoms with van der Waals surface area (Å²) in [6, 6.07) is -0.604. The molecule has 2 amide bonds. The van der Waals surface area contributed by atoms with Gasteiger partial charge in [0.05, 0.1) is 32.5 Å². The summed E-state index contributed by atoms with van der Waals surface area (Å²) >= 11 is 0. The van der Waals surface area contributed by atoms with Gasteiger partial charge in [0.2, 0.25) is 11.8 Å². The standard InChI is InChI=1S/C38H57N5O7/c1-23(24(2)41-35(45)11-7-8-12-36(46)49-4)40-25(3)37(47)42-29-16-26(21-44)15-27(17-29)22-50-31-13-14-32-33(19-31)39-20-30-18-28-9-5-6-10-34(28)43(30)38(32)48/h16,24-25,27-31,34,38-40,44,48H,1,6-8,10-15,17-22H2,2-4H3,(H,41,45)(H,42,47)/t24-,25-,27+,28?,29-,30-,31-,34-,38+/m0/s1. The van der Waals surface area contributed by atoms with E-state index in [0.717, 1.165) is 61.9 Å². The first-order valence-corrected chi connectivity index (χ1v) is 18.5. The number of unbranched alkanes of at least 4 members (excludes halogenated alkanes) is 1. The Hall–Kier alpha value is -3.37. The number of hydrogen-bond acceptors (Lipinski definition) is 10. The van der Waals surface area contributed by atoms with Crippen LogP contribution in [-0.2, 0) is 23.9 Å². The van der Waals surface area contributed by atoms with Gasteiger partial charge in [0.15, 0.2) is 0 Å². The van der Waals surface area contributed by atoms with Crippen LogP contribution in [-0.4, -0.2) is 102 Å². The molecule has 0 aromatic carbocycles. The number of nitrogens with zero attached hydrogens (tertiary/aromatic N) is 1. The number of carbonyl (C=O) groups is 3. The molecule has 1 saturated heterocycles. The third-order valence-electron chi connectivity index (χ3n) is 11.0. The summed E-state index contributed by atoms with van der Waals surface area (Å²) in [5, 5.41) is 34.3. The predicted octanol–water partition coefficient (Wildman–Crippen LogP) is 2.13. The molecule has 0 aromatic rings. The molecular weight excluding hydrogens is 638 g/mol. The van der Waals surface area contributed by atoms with Crippen molar-refractivity contribution in [2.24, 2.45) is 11.8 Å². The summed E-state index contributed by atoms with van der Waals surface area (Å²) in [5.41, 5.74) is 3.63. The summed E-state index contributed by atoms with van der Waals surface area (Å²) in [6.45, 7) is 8.85. The van der Waals surface area contributed by atoms with Gasteiger partial charge in [-0.15, -0.1) is 5.92 Å². The number of hydrogen-bond donors (Lipinski definition) is 6. The van der Waals surface area contributed by atoms with Crippen LogP contribution in [0.15, 0.2) is 35.2 Å². The van der Waals surface area contributed by atoms with E-state index in [1.807, 2.05) is 6.08 Å². The minimum atomic E-state index is -0.593. The van der Waals surface area contributed by atoms with Crippen molar-refractivity contribution >= 4 is 17.8 Å². The Morgan fingerprint density at radius 2 is 1.92 bits per heavy atom. The molecule has 276 valence electrons. The van der Waals surface area contributed by atoms with Crippen LogP contribution in [0, 0.1) is 23.7 Å². The Balaban J connectivity index is 1.05. The van der Waals surface area contributed by atoms with Crippen LogP contribution in [0.3, 0.4) is 0 Å². The van der Waals surface area contributed by atoms with Gasteiger partial charge in [0.1, 0.15) is 12.3 Å². The van der Waals surface area contributed by atoms with E-state index in [4.69, 9.17) is 4.74 Å². The average molecular weight is 696 g/mol. The monoisotopic (exact) mass is 695 g/mol. The summed E-state index contributed by atoms with van der Waals surface area (Å²) in [7, 11) is 1.34. The van der Waals surface area contributed by atoms with E-state index < -0.39 is 18.3 Å². The van der Waals surface area contributed by atoms with Gasteiger partial charge in [-0.3, -0.25) is 19.3 Å². The molecule has 0 bridgehead atoms. The molecule has 0 saturated carbocycles. The molecule has 1 unspecified atom stereocenters. The van der Waals surface area contributed by atoms with Gasteiger partial charge in [0.25, 0.3) is 0 Å². The van der Waals surface area contributed by atoms with Crippen LogP contribution in [0.4, 0.5) is 0 Å². The molecule has 3 aliphatic carbocycles. The fourth-order valence-electron chi connectivity index (χ4n) is 8.20. The first-order chi connectivity index (χ1) is 24.1. The lowest BCUT2D eigenvalue weighted by molar-refractivity contribution is -0.140. The maximum absolute atomic E-state index is 13.2. The number of methoxy groups -OCH3 is 1. The van der Waals surface area contributed by atoms with Crippen LogP contribution < -0.4 is 21.3 Å². The van der Waals surface area contributed by atoms with E-state index >= 15 is 0 Å². The predicted molar refractivity (Wildman–Crippen MR) is 189 cm³/mol. The Morgan fingerprint density at radius 3 is 2.70 bits per heavy atom. The lowest BCUT2D eigenvalue weighted by Gasteiger charge is -2.36. The first kappa shape index (κ1) is 37.9. The SMILES string of the molecule is C=C(N[C@@H](C)C(=O)N[C@H]1C=C(CO)C[C@@H](CO[C@H]2CCC3=C(C2)NC[C@@H]2CC4C#CCC[C@@H]4N2[C@@H]3O)C1)[C@H](C)NC(=O)CCCCC(=O)OC. The van der Waals surface area contributed by atoms with Crippen molar-refractivity contribution in [1.82, 2.24) is 26.2 Å². The van der Waals surface area contributed by atoms with Crippen molar-refractivity contribution in [3.05, 3.63) is 35.2 Å². The first-order valence-electron chi connectivity index (χ1n) is 18.5. The Kier molecular flexibility index (Phi) is 13.4. The minimum Gasteiger partial charge on any atom is -0.469 e. The van der Waals surface area contributed by atoms with Crippen molar-refractivity contribution < 1.29 is 34.1 Å². The molecule has 12 heteroatoms. The molecule has 12 nitrogen and oxygen atoms in total. The van der Waals surface area contributed by atoms with Crippen molar-refractivity contribution in [1.29, 1.82) is 0 Å². The summed E-state index contributed by atoms with van der Waals surface area (Å²) in [6.07, 6.45) is 9.88. The number of ether oxygens (including phenoxy) is 2. The van der Waals surface area contributed by atoms with Gasteiger partial charge < -0.3 is 41.0 Å². The topological polar surface area (TPSA) is 161 Å². The number of esters is 1. The van der Waals surface area contributed by atoms with E-state index in [2.05, 4.69) is 49.3 Å². The van der Waals surface area contributed by atoms with Crippen LogP contribution >= 0.6 is 0 Å². The number of aliphatic hydroxyl groups excluding tert-OH is 2. The van der Waals surface area contributed by atoms with Crippen molar-refractivity contribution in [3.63, 3.8) is 0 Å². The highest BCUT2D eigenvalue weighted by atomic mass is 16.5. The van der Waals surface area contributed by atoms with Crippen molar-refractivity contribution in [2.45, 2.75) is 133 Å². The lowest BCUT2D eigenvalue weighted by Crippen LogP contribution is -2.49. The number of rotatable bonds is 15. The van der Waals surface area contributed by atoms with Gasteiger partial charge in [-0.25, -0.2) is 0 Å². The highest BCUT2D eigenvalue weighted by molar-refractivity contribution is 5.82. The van der Waals surface area contributed by atoms with E-state index in [-0.39, 0.29) is 61.3 Å². The Labute approximate surface area is 296 Å². The number of fused-ring (bicyclic) bond motifs is 3. The van der Waals surface area contributed by atoms with Crippen molar-refractivity contribution in [3.8, 4) is 11.8 Å². The minimum absolute atomic E-state index is 0.0452. The van der Waals surface area contributed by atoms with Crippen LogP contribution in [0.25, 0.3) is 0 Å². The molecule has 0 aromatic heterocycles. The zero-order valence-corrected chi connectivity index (χ0v) is 30.0. The Bertz CT molecular complexity index is 1380. The second kappa shape index (κ2) is 17.7. The smallest absolute Gasteiger partial charge is 0.305 e. The second-order valence-corrected chi connectivity index (χ2v) is 14.7. The van der Waals surface area contributed by atoms with Crippen LogP contribution in [0.5, 0.6) is 0 Å². The molecular formula is C38H57N5O7. The number of aliphatic hydroxyl groups is 2. The van der Waals surface area contributed by atoms with E-state index in [1.165, 1.54) is 7.11 Å². The third kappa shape index (κ3) is 9.69. The van der Waals surface area contributed by atoms with Gasteiger partial charge in [-0.05, 0) is 82.3 Å². The fraction of sp³-hybridized carbons (Fsp3) is 0.711. The second-order valence-electron chi connectivity index (χ2n) is 14.7. The molecule has 2 heterocycles. The molecule has 6 N–H and O–H groups in total. The highest BCUT2D eigenvalue weighted by Crippen LogP contribution is 2.41. The molecule has 2 aliphatic heterocycles. The average Bonchev–Trinajstić information content (AvgIpc) is 3.43. The number of nitrogens with one attached hydrogen (secondary N) is 4. The summed E-state index contributed by atoms with van der Waals surface area (Å²) in [4.78, 5) is 39.1. The largest absolute Gasteiger partial charge is 0.469 e. The molecule has 5 aliphatic rings. The van der Waals surface area contributed by atoms with E-state index in [0.29, 0.717) is 49.9 Å². The lowest BCUT2D eigenvalue weighted by atomic mass is 9.86. The molecule has 50 heavy (non-hydrogen) atoms. The van der Waals surface area contributed by atoms with E-state index in [9.17, 15) is 24.6 Å². The number of amides is 2. The van der Waals surface area contributed by atoms with Gasteiger partial charge >= 0.3 is 5.97 Å². The van der Waals surface area contributed by atoms with Crippen LogP contribution in [0.1, 0.15) is 90.9 Å². The summed E-state index contributed by atoms with van der Waals surface area (Å²) in [5.74, 6) is 6.56. The van der Waals surface area contributed by atoms with Gasteiger partial charge in [0, 0.05) is 67.7 Å². The number of carbonyl (C=O) groups excluding carboxylic acids is 3. The summed E-state index contributed by atoms with van der Waals surface area (Å²) < 4.78 is 11.1. The fourth-order valence-corrected chi connectivity index (χ4v) is 8.20. The zero-order valence-electron chi connectivity index (χ0n) is 30.0. The molecule has 0 spiro atoms. The normalized spacial score (nSPS) is 30.0. The van der Waals surface area contributed by atoms with Gasteiger partial charge in [-0.2, -0.15) is 0 Å². The maximum Gasteiger partial charge on any atom is 0.305 e. The zero-order chi connectivity index (χ0) is 35.8. The quantitative estimate of drug-likeness (QED) is 0.0649. The van der Waals surface area contributed by atoms with Gasteiger partial charge in [-0.1, -0.05) is 18.6 Å². The molecule has 1 fully saturated rings. The highest BCUT2D eigenvalue weighted by Gasteiger charge is 2.47. The molecule has 5 rings (SSSR count).